The third-order valence-corrected chi connectivity index (χ3v) is 4.87. The molecule has 27 heavy (non-hydrogen) atoms. The van der Waals surface area contributed by atoms with Crippen LogP contribution < -0.4 is 10.2 Å². The Kier molecular flexibility index (Phi) is 6.42. The summed E-state index contributed by atoms with van der Waals surface area (Å²) in [7, 11) is 1.86. The predicted molar refractivity (Wildman–Crippen MR) is 105 cm³/mol. The molecule has 0 aromatic heterocycles. The second-order valence-corrected chi connectivity index (χ2v) is 6.86. The van der Waals surface area contributed by atoms with Crippen molar-refractivity contribution in [1.82, 2.24) is 4.90 Å². The number of ether oxygens (including phenoxy) is 1. The molecule has 2 aromatic carbocycles. The van der Waals surface area contributed by atoms with Crippen molar-refractivity contribution in [3.05, 3.63) is 59.9 Å². The minimum Gasteiger partial charge on any atom is -0.378 e. The Balaban J connectivity index is 1.55. The number of carbonyl (C=O) groups is 1. The fraction of sp³-hybridized carbons (Fsp3) is 0.381. The maximum atomic E-state index is 13.3. The van der Waals surface area contributed by atoms with Crippen molar-refractivity contribution in [1.29, 1.82) is 0 Å². The number of likely N-dealkylation sites (N-methyl/N-ethyl adjacent to an activating group) is 1. The fourth-order valence-electron chi connectivity index (χ4n) is 3.08. The van der Waals surface area contributed by atoms with Crippen LogP contribution in [0.15, 0.2) is 48.5 Å². The summed E-state index contributed by atoms with van der Waals surface area (Å²) in [6, 6.07) is 14.0. The zero-order valence-corrected chi connectivity index (χ0v) is 15.8. The third kappa shape index (κ3) is 5.28. The molecule has 0 bridgehead atoms. The van der Waals surface area contributed by atoms with E-state index in [0.717, 1.165) is 43.2 Å². The molecule has 1 saturated heterocycles. The molecular formula is C21H26FN3O2. The average Bonchev–Trinajstić information content (AvgIpc) is 2.68. The molecule has 1 aliphatic rings. The van der Waals surface area contributed by atoms with Gasteiger partial charge >= 0.3 is 0 Å². The number of nitrogens with one attached hydrogen (secondary N) is 1. The van der Waals surface area contributed by atoms with Crippen LogP contribution in [0.2, 0.25) is 0 Å². The number of hydrogen-bond acceptors (Lipinski definition) is 4. The standard InChI is InChI=1S/C21H26FN3O2/c1-16(24(2)15-17-4-3-5-18(22)14-17)21(26)23-19-6-8-20(9-7-19)25-10-12-27-13-11-25/h3-9,14,16H,10-13,15H2,1-2H3,(H,23,26)/t16-/m1/s1. The van der Waals surface area contributed by atoms with Crippen molar-refractivity contribution >= 4 is 17.3 Å². The van der Waals surface area contributed by atoms with Crippen molar-refractivity contribution in [2.24, 2.45) is 0 Å². The number of amides is 1. The Morgan fingerprint density at radius 3 is 2.59 bits per heavy atom. The van der Waals surface area contributed by atoms with Gasteiger partial charge in [-0.3, -0.25) is 9.69 Å². The van der Waals surface area contributed by atoms with Gasteiger partial charge in [-0.15, -0.1) is 0 Å². The van der Waals surface area contributed by atoms with E-state index in [4.69, 9.17) is 4.74 Å². The summed E-state index contributed by atoms with van der Waals surface area (Å²) in [5.74, 6) is -0.355. The van der Waals surface area contributed by atoms with Crippen LogP contribution in [0.3, 0.4) is 0 Å². The number of nitrogens with zero attached hydrogens (tertiary/aromatic N) is 2. The molecule has 1 amide bonds. The largest absolute Gasteiger partial charge is 0.378 e. The topological polar surface area (TPSA) is 44.8 Å². The van der Waals surface area contributed by atoms with E-state index in [2.05, 4.69) is 10.2 Å². The van der Waals surface area contributed by atoms with Gasteiger partial charge in [0, 0.05) is 31.0 Å². The lowest BCUT2D eigenvalue weighted by Gasteiger charge is -2.29. The normalized spacial score (nSPS) is 15.6. The van der Waals surface area contributed by atoms with Gasteiger partial charge < -0.3 is 15.0 Å². The summed E-state index contributed by atoms with van der Waals surface area (Å²) in [6.45, 7) is 5.60. The highest BCUT2D eigenvalue weighted by molar-refractivity contribution is 5.94. The van der Waals surface area contributed by atoms with E-state index in [1.54, 1.807) is 6.07 Å². The number of rotatable bonds is 6. The molecule has 0 spiro atoms. The van der Waals surface area contributed by atoms with Gasteiger partial charge in [0.05, 0.1) is 19.3 Å². The summed E-state index contributed by atoms with van der Waals surface area (Å²) in [5.41, 5.74) is 2.74. The Labute approximate surface area is 159 Å². The number of morpholine rings is 1. The zero-order chi connectivity index (χ0) is 19.2. The third-order valence-electron chi connectivity index (χ3n) is 4.87. The number of halogens is 1. The van der Waals surface area contributed by atoms with Crippen LogP contribution >= 0.6 is 0 Å². The summed E-state index contributed by atoms with van der Waals surface area (Å²) in [5, 5.41) is 2.95. The van der Waals surface area contributed by atoms with Crippen LogP contribution in [0.1, 0.15) is 12.5 Å². The minimum atomic E-state index is -0.341. The maximum Gasteiger partial charge on any atom is 0.241 e. The molecule has 1 N–H and O–H groups in total. The lowest BCUT2D eigenvalue weighted by Crippen LogP contribution is -2.39. The summed E-state index contributed by atoms with van der Waals surface area (Å²) < 4.78 is 18.7. The summed E-state index contributed by atoms with van der Waals surface area (Å²) in [4.78, 5) is 16.7. The quantitative estimate of drug-likeness (QED) is 0.847. The zero-order valence-electron chi connectivity index (χ0n) is 15.8. The van der Waals surface area contributed by atoms with Crippen molar-refractivity contribution in [2.45, 2.75) is 19.5 Å². The first-order valence-electron chi connectivity index (χ1n) is 9.21. The Morgan fingerprint density at radius 2 is 1.93 bits per heavy atom. The Bertz CT molecular complexity index is 760. The number of hydrogen-bond donors (Lipinski definition) is 1. The van der Waals surface area contributed by atoms with Gasteiger partial charge in [-0.05, 0) is 55.9 Å². The van der Waals surface area contributed by atoms with E-state index in [1.165, 1.54) is 12.1 Å². The van der Waals surface area contributed by atoms with Crippen LogP contribution in [0, 0.1) is 5.82 Å². The maximum absolute atomic E-state index is 13.3. The SMILES string of the molecule is C[C@H](C(=O)Nc1ccc(N2CCOCC2)cc1)N(C)Cc1cccc(F)c1. The van der Waals surface area contributed by atoms with Gasteiger partial charge in [0.1, 0.15) is 5.82 Å². The molecule has 0 radical (unpaired) electrons. The van der Waals surface area contributed by atoms with Gasteiger partial charge in [-0.25, -0.2) is 4.39 Å². The molecular weight excluding hydrogens is 345 g/mol. The summed E-state index contributed by atoms with van der Waals surface area (Å²) in [6.07, 6.45) is 0. The van der Waals surface area contributed by atoms with E-state index in [1.807, 2.05) is 49.2 Å². The molecule has 0 saturated carbocycles. The molecule has 6 heteroatoms. The van der Waals surface area contributed by atoms with Gasteiger partial charge in [0.2, 0.25) is 5.91 Å². The van der Waals surface area contributed by atoms with E-state index in [0.29, 0.717) is 6.54 Å². The van der Waals surface area contributed by atoms with Gasteiger partial charge in [0.25, 0.3) is 0 Å². The molecule has 0 unspecified atom stereocenters. The van der Waals surface area contributed by atoms with E-state index in [9.17, 15) is 9.18 Å². The molecule has 1 fully saturated rings. The Morgan fingerprint density at radius 1 is 1.22 bits per heavy atom. The van der Waals surface area contributed by atoms with Crippen LogP contribution in [0.5, 0.6) is 0 Å². The van der Waals surface area contributed by atoms with E-state index < -0.39 is 0 Å². The van der Waals surface area contributed by atoms with Crippen molar-refractivity contribution in [2.75, 3.05) is 43.6 Å². The van der Waals surface area contributed by atoms with Gasteiger partial charge in [-0.1, -0.05) is 12.1 Å². The van der Waals surface area contributed by atoms with Crippen molar-refractivity contribution in [3.8, 4) is 0 Å². The second kappa shape index (κ2) is 8.97. The van der Waals surface area contributed by atoms with Crippen LogP contribution in [0.25, 0.3) is 0 Å². The molecule has 0 aliphatic carbocycles. The van der Waals surface area contributed by atoms with Gasteiger partial charge in [0.15, 0.2) is 0 Å². The highest BCUT2D eigenvalue weighted by atomic mass is 19.1. The monoisotopic (exact) mass is 371 g/mol. The van der Waals surface area contributed by atoms with E-state index >= 15 is 0 Å². The molecule has 1 aliphatic heterocycles. The predicted octanol–water partition coefficient (Wildman–Crippen LogP) is 3.12. The lowest BCUT2D eigenvalue weighted by molar-refractivity contribution is -0.120. The fourth-order valence-corrected chi connectivity index (χ4v) is 3.08. The van der Waals surface area contributed by atoms with Crippen LogP contribution in [0.4, 0.5) is 15.8 Å². The molecule has 2 aromatic rings. The molecule has 3 rings (SSSR count). The van der Waals surface area contributed by atoms with Gasteiger partial charge in [-0.2, -0.15) is 0 Å². The molecule has 1 atom stereocenters. The van der Waals surface area contributed by atoms with Crippen LogP contribution in [-0.4, -0.2) is 50.2 Å². The van der Waals surface area contributed by atoms with Crippen molar-refractivity contribution in [3.63, 3.8) is 0 Å². The number of benzene rings is 2. The average molecular weight is 371 g/mol. The minimum absolute atomic E-state index is 0.0898. The molecule has 5 nitrogen and oxygen atoms in total. The Hall–Kier alpha value is -2.44. The smallest absolute Gasteiger partial charge is 0.241 e. The highest BCUT2D eigenvalue weighted by Crippen LogP contribution is 2.19. The van der Waals surface area contributed by atoms with Crippen LogP contribution in [-0.2, 0) is 16.1 Å². The number of carbonyl (C=O) groups excluding carboxylic acids is 1. The lowest BCUT2D eigenvalue weighted by atomic mass is 10.1. The second-order valence-electron chi connectivity index (χ2n) is 6.86. The summed E-state index contributed by atoms with van der Waals surface area (Å²) >= 11 is 0. The van der Waals surface area contributed by atoms with E-state index in [-0.39, 0.29) is 17.8 Å². The first kappa shape index (κ1) is 19.3. The first-order valence-corrected chi connectivity index (χ1v) is 9.21. The number of anilines is 2. The first-order chi connectivity index (χ1) is 13.0. The highest BCUT2D eigenvalue weighted by Gasteiger charge is 2.19. The molecule has 144 valence electrons. The van der Waals surface area contributed by atoms with Crippen molar-refractivity contribution < 1.29 is 13.9 Å². The molecule has 1 heterocycles.